The molecule has 0 aliphatic rings. The van der Waals surface area contributed by atoms with Crippen LogP contribution in [-0.2, 0) is 0 Å². The largest absolute Gasteiger partial charge is 0.337 e. The van der Waals surface area contributed by atoms with Gasteiger partial charge in [0, 0.05) is 24.2 Å². The van der Waals surface area contributed by atoms with Crippen molar-refractivity contribution in [3.8, 4) is 0 Å². The van der Waals surface area contributed by atoms with Crippen molar-refractivity contribution in [3.05, 3.63) is 64.7 Å². The quantitative estimate of drug-likeness (QED) is 0.820. The Labute approximate surface area is 136 Å². The first-order chi connectivity index (χ1) is 11.0. The van der Waals surface area contributed by atoms with Crippen LogP contribution >= 0.6 is 0 Å². The van der Waals surface area contributed by atoms with Gasteiger partial charge in [-0.3, -0.25) is 4.79 Å². The summed E-state index contributed by atoms with van der Waals surface area (Å²) in [4.78, 5) is 24.0. The molecule has 2 aromatic rings. The highest BCUT2D eigenvalue weighted by Gasteiger charge is 2.09. The van der Waals surface area contributed by atoms with E-state index in [1.165, 1.54) is 0 Å². The van der Waals surface area contributed by atoms with Crippen molar-refractivity contribution >= 4 is 17.5 Å². The number of urea groups is 1. The van der Waals surface area contributed by atoms with E-state index in [1.54, 1.807) is 0 Å². The number of rotatable bonds is 5. The second-order valence-electron chi connectivity index (χ2n) is 5.69. The van der Waals surface area contributed by atoms with E-state index in [9.17, 15) is 9.59 Å². The van der Waals surface area contributed by atoms with Crippen molar-refractivity contribution in [1.29, 1.82) is 0 Å². The van der Waals surface area contributed by atoms with Crippen LogP contribution in [0.2, 0.25) is 0 Å². The number of ketones is 1. The lowest BCUT2D eigenvalue weighted by Gasteiger charge is -2.12. The van der Waals surface area contributed by atoms with E-state index >= 15 is 0 Å². The SMILES string of the molecule is Cc1ccc(C(=O)CCNC(=O)Nc2c(C)cccc2C)cc1. The van der Waals surface area contributed by atoms with Gasteiger partial charge in [-0.25, -0.2) is 4.79 Å². The van der Waals surface area contributed by atoms with E-state index in [0.717, 1.165) is 22.4 Å². The van der Waals surface area contributed by atoms with E-state index in [1.807, 2.05) is 63.2 Å². The predicted molar refractivity (Wildman–Crippen MR) is 93.1 cm³/mol. The fourth-order valence-corrected chi connectivity index (χ4v) is 2.34. The molecule has 23 heavy (non-hydrogen) atoms. The van der Waals surface area contributed by atoms with Gasteiger partial charge in [0.2, 0.25) is 0 Å². The van der Waals surface area contributed by atoms with Crippen molar-refractivity contribution in [3.63, 3.8) is 0 Å². The van der Waals surface area contributed by atoms with E-state index in [4.69, 9.17) is 0 Å². The normalized spacial score (nSPS) is 10.2. The number of amides is 2. The summed E-state index contributed by atoms with van der Waals surface area (Å²) in [5, 5.41) is 5.56. The standard InChI is InChI=1S/C19H22N2O2/c1-13-7-9-16(10-8-13)17(22)11-12-20-19(23)21-18-14(2)5-4-6-15(18)3/h4-10H,11-12H2,1-3H3,(H2,20,21,23). The second kappa shape index (κ2) is 7.58. The molecule has 0 saturated carbocycles. The Bertz CT molecular complexity index is 686. The molecular weight excluding hydrogens is 288 g/mol. The molecule has 4 heteroatoms. The minimum atomic E-state index is -0.292. The molecule has 2 aromatic carbocycles. The van der Waals surface area contributed by atoms with Gasteiger partial charge in [-0.15, -0.1) is 0 Å². The molecule has 0 aliphatic heterocycles. The third kappa shape index (κ3) is 4.68. The third-order valence-electron chi connectivity index (χ3n) is 3.73. The zero-order valence-electron chi connectivity index (χ0n) is 13.8. The van der Waals surface area contributed by atoms with Crippen LogP contribution in [-0.4, -0.2) is 18.4 Å². The topological polar surface area (TPSA) is 58.2 Å². The molecule has 0 saturated heterocycles. The van der Waals surface area contributed by atoms with Gasteiger partial charge in [0.15, 0.2) is 5.78 Å². The van der Waals surface area contributed by atoms with Gasteiger partial charge in [0.1, 0.15) is 0 Å². The monoisotopic (exact) mass is 310 g/mol. The van der Waals surface area contributed by atoms with Crippen molar-refractivity contribution < 1.29 is 9.59 Å². The molecule has 0 aromatic heterocycles. The van der Waals surface area contributed by atoms with Crippen LogP contribution in [0.3, 0.4) is 0 Å². The molecule has 2 N–H and O–H groups in total. The van der Waals surface area contributed by atoms with Gasteiger partial charge in [-0.2, -0.15) is 0 Å². The minimum absolute atomic E-state index is 0.0253. The number of benzene rings is 2. The van der Waals surface area contributed by atoms with Crippen molar-refractivity contribution in [2.75, 3.05) is 11.9 Å². The maximum atomic E-state index is 12.0. The molecule has 0 atom stereocenters. The first-order valence-corrected chi connectivity index (χ1v) is 7.68. The summed E-state index contributed by atoms with van der Waals surface area (Å²) < 4.78 is 0. The molecule has 2 rings (SSSR count). The lowest BCUT2D eigenvalue weighted by atomic mass is 10.1. The van der Waals surface area contributed by atoms with Crippen molar-refractivity contribution in [1.82, 2.24) is 5.32 Å². The number of hydrogen-bond acceptors (Lipinski definition) is 2. The summed E-state index contributed by atoms with van der Waals surface area (Å²) in [6, 6.07) is 13.0. The number of para-hydroxylation sites is 1. The molecule has 0 bridgehead atoms. The number of Topliss-reactive ketones (excluding diaryl/α,β-unsaturated/α-hetero) is 1. The maximum Gasteiger partial charge on any atom is 0.319 e. The van der Waals surface area contributed by atoms with Gasteiger partial charge in [-0.05, 0) is 31.9 Å². The molecule has 0 fully saturated rings. The highest BCUT2D eigenvalue weighted by molar-refractivity contribution is 5.97. The van der Waals surface area contributed by atoms with Crippen LogP contribution in [0.25, 0.3) is 0 Å². The van der Waals surface area contributed by atoms with Crippen LogP contribution in [0.5, 0.6) is 0 Å². The predicted octanol–water partition coefficient (Wildman–Crippen LogP) is 4.01. The van der Waals surface area contributed by atoms with E-state index in [0.29, 0.717) is 12.1 Å². The molecule has 0 heterocycles. The van der Waals surface area contributed by atoms with Gasteiger partial charge >= 0.3 is 6.03 Å². The van der Waals surface area contributed by atoms with Gasteiger partial charge < -0.3 is 10.6 Å². The number of hydrogen-bond donors (Lipinski definition) is 2. The van der Waals surface area contributed by atoms with E-state index < -0.39 is 0 Å². The molecular formula is C19H22N2O2. The minimum Gasteiger partial charge on any atom is -0.337 e. The Kier molecular flexibility index (Phi) is 5.52. The lowest BCUT2D eigenvalue weighted by molar-refractivity contribution is 0.0983. The molecule has 0 unspecified atom stereocenters. The van der Waals surface area contributed by atoms with Gasteiger partial charge in [0.05, 0.1) is 0 Å². The average Bonchev–Trinajstić information content (AvgIpc) is 2.51. The summed E-state index contributed by atoms with van der Waals surface area (Å²) in [5.41, 5.74) is 4.63. The van der Waals surface area contributed by atoms with Crippen molar-refractivity contribution in [2.24, 2.45) is 0 Å². The van der Waals surface area contributed by atoms with Crippen LogP contribution < -0.4 is 10.6 Å². The first-order valence-electron chi connectivity index (χ1n) is 7.68. The number of aryl methyl sites for hydroxylation is 3. The lowest BCUT2D eigenvalue weighted by Crippen LogP contribution is -2.31. The zero-order chi connectivity index (χ0) is 16.8. The Hall–Kier alpha value is -2.62. The summed E-state index contributed by atoms with van der Waals surface area (Å²) >= 11 is 0. The van der Waals surface area contributed by atoms with Crippen LogP contribution in [0, 0.1) is 20.8 Å². The van der Waals surface area contributed by atoms with Crippen LogP contribution in [0.1, 0.15) is 33.5 Å². The number of carbonyl (C=O) groups excluding carboxylic acids is 2. The fourth-order valence-electron chi connectivity index (χ4n) is 2.34. The fraction of sp³-hybridized carbons (Fsp3) is 0.263. The number of nitrogens with one attached hydrogen (secondary N) is 2. The highest BCUT2D eigenvalue weighted by atomic mass is 16.2. The molecule has 4 nitrogen and oxygen atoms in total. The molecule has 0 spiro atoms. The summed E-state index contributed by atoms with van der Waals surface area (Å²) in [7, 11) is 0. The van der Waals surface area contributed by atoms with Crippen LogP contribution in [0.4, 0.5) is 10.5 Å². The van der Waals surface area contributed by atoms with E-state index in [-0.39, 0.29) is 18.2 Å². The summed E-state index contributed by atoms with van der Waals surface area (Å²) in [6.07, 6.45) is 0.281. The van der Waals surface area contributed by atoms with Crippen LogP contribution in [0.15, 0.2) is 42.5 Å². The van der Waals surface area contributed by atoms with Gasteiger partial charge in [-0.1, -0.05) is 48.0 Å². The first kappa shape index (κ1) is 16.7. The molecule has 120 valence electrons. The Balaban J connectivity index is 1.83. The Morgan fingerprint density at radius 2 is 1.52 bits per heavy atom. The molecule has 2 amide bonds. The third-order valence-corrected chi connectivity index (χ3v) is 3.73. The maximum absolute atomic E-state index is 12.0. The average molecular weight is 310 g/mol. The number of carbonyl (C=O) groups is 2. The number of anilines is 1. The second-order valence-corrected chi connectivity index (χ2v) is 5.69. The zero-order valence-corrected chi connectivity index (χ0v) is 13.8. The summed E-state index contributed by atoms with van der Waals surface area (Å²) in [5.74, 6) is 0.0253. The molecule has 0 aliphatic carbocycles. The summed E-state index contributed by atoms with van der Waals surface area (Å²) in [6.45, 7) is 6.18. The van der Waals surface area contributed by atoms with Crippen molar-refractivity contribution in [2.45, 2.75) is 27.2 Å². The Morgan fingerprint density at radius 1 is 0.913 bits per heavy atom. The van der Waals surface area contributed by atoms with E-state index in [2.05, 4.69) is 10.6 Å². The Morgan fingerprint density at radius 3 is 2.13 bits per heavy atom. The van der Waals surface area contributed by atoms with Gasteiger partial charge in [0.25, 0.3) is 0 Å². The molecule has 0 radical (unpaired) electrons. The highest BCUT2D eigenvalue weighted by Crippen LogP contribution is 2.19. The smallest absolute Gasteiger partial charge is 0.319 e.